The van der Waals surface area contributed by atoms with E-state index in [1.807, 2.05) is 30.0 Å². The topological polar surface area (TPSA) is 115 Å². The molecule has 0 saturated carbocycles. The molecule has 1 heterocycles. The van der Waals surface area contributed by atoms with Crippen molar-refractivity contribution in [1.29, 1.82) is 0 Å². The predicted molar refractivity (Wildman–Crippen MR) is 114 cm³/mol. The van der Waals surface area contributed by atoms with Crippen LogP contribution in [0.4, 0.5) is 16.5 Å². The summed E-state index contributed by atoms with van der Waals surface area (Å²) in [5.74, 6) is 0. The predicted octanol–water partition coefficient (Wildman–Crippen LogP) is 3.21. The minimum absolute atomic E-state index is 0.000833. The Morgan fingerprint density at radius 1 is 1.07 bits per heavy atom. The number of azo groups is 1. The third-order valence-electron chi connectivity index (χ3n) is 4.31. The molecule has 10 heteroatoms. The van der Waals surface area contributed by atoms with Crippen molar-refractivity contribution in [2.24, 2.45) is 10.2 Å². The number of aliphatic hydroxyl groups excluding tert-OH is 2. The van der Waals surface area contributed by atoms with E-state index in [1.165, 1.54) is 23.7 Å². The molecule has 2 aromatic carbocycles. The van der Waals surface area contributed by atoms with E-state index in [9.17, 15) is 18.6 Å². The number of aliphatic hydroxyl groups is 2. The molecule has 8 nitrogen and oxygen atoms in total. The fourth-order valence-corrected chi connectivity index (χ4v) is 4.37. The lowest BCUT2D eigenvalue weighted by Crippen LogP contribution is -2.29. The second kappa shape index (κ2) is 8.95. The Balaban J connectivity index is 1.84. The molecule has 0 amide bonds. The summed E-state index contributed by atoms with van der Waals surface area (Å²) in [6.07, 6.45) is 1.17. The van der Waals surface area contributed by atoms with Crippen LogP contribution in [0.15, 0.2) is 51.5 Å². The van der Waals surface area contributed by atoms with Gasteiger partial charge >= 0.3 is 0 Å². The lowest BCUT2D eigenvalue weighted by molar-refractivity contribution is 0.281. The number of fused-ring (bicyclic) bond motifs is 1. The van der Waals surface area contributed by atoms with Crippen LogP contribution in [0.25, 0.3) is 10.2 Å². The molecule has 0 unspecified atom stereocenters. The molecule has 0 aliphatic heterocycles. The molecule has 0 bridgehead atoms. The first-order valence-corrected chi connectivity index (χ1v) is 11.6. The van der Waals surface area contributed by atoms with E-state index in [2.05, 4.69) is 15.2 Å². The molecule has 3 aromatic rings. The van der Waals surface area contributed by atoms with Crippen molar-refractivity contribution in [3.8, 4) is 0 Å². The SMILES string of the molecule is Cc1cc(N(CCO)CCO)ccc1/N=N/c1nc2ccc(S(C)(=O)=O)cc2s1. The van der Waals surface area contributed by atoms with Gasteiger partial charge in [0.05, 0.1) is 34.0 Å². The number of aromatic nitrogens is 1. The number of hydrogen-bond donors (Lipinski definition) is 2. The molecule has 0 saturated heterocycles. The Morgan fingerprint density at radius 3 is 2.41 bits per heavy atom. The van der Waals surface area contributed by atoms with E-state index in [4.69, 9.17) is 0 Å². The normalized spacial score (nSPS) is 12.1. The quantitative estimate of drug-likeness (QED) is 0.526. The number of rotatable bonds is 8. The second-order valence-electron chi connectivity index (χ2n) is 6.50. The number of thiazole rings is 1. The van der Waals surface area contributed by atoms with Crippen molar-refractivity contribution in [1.82, 2.24) is 4.98 Å². The molecule has 3 rings (SSSR count). The Labute approximate surface area is 173 Å². The smallest absolute Gasteiger partial charge is 0.231 e. The third kappa shape index (κ3) is 5.15. The van der Waals surface area contributed by atoms with Gasteiger partial charge in [0.1, 0.15) is 0 Å². The van der Waals surface area contributed by atoms with Gasteiger partial charge in [0.25, 0.3) is 0 Å². The van der Waals surface area contributed by atoms with Crippen LogP contribution in [0.5, 0.6) is 0 Å². The highest BCUT2D eigenvalue weighted by molar-refractivity contribution is 7.90. The van der Waals surface area contributed by atoms with Crippen molar-refractivity contribution < 1.29 is 18.6 Å². The van der Waals surface area contributed by atoms with E-state index in [0.717, 1.165) is 16.0 Å². The summed E-state index contributed by atoms with van der Waals surface area (Å²) in [6, 6.07) is 10.4. The van der Waals surface area contributed by atoms with E-state index in [-0.39, 0.29) is 18.1 Å². The summed E-state index contributed by atoms with van der Waals surface area (Å²) < 4.78 is 24.1. The van der Waals surface area contributed by atoms with Gasteiger partial charge in [0, 0.05) is 25.0 Å². The Kier molecular flexibility index (Phi) is 6.58. The summed E-state index contributed by atoms with van der Waals surface area (Å²) in [6.45, 7) is 2.77. The molecule has 1 aromatic heterocycles. The molecular weight excluding hydrogens is 412 g/mol. The number of anilines is 1. The highest BCUT2D eigenvalue weighted by atomic mass is 32.2. The van der Waals surface area contributed by atoms with Crippen LogP contribution in [0.1, 0.15) is 5.56 Å². The second-order valence-corrected chi connectivity index (χ2v) is 9.53. The third-order valence-corrected chi connectivity index (χ3v) is 6.32. The highest BCUT2D eigenvalue weighted by Crippen LogP contribution is 2.32. The number of nitrogens with zero attached hydrogens (tertiary/aromatic N) is 4. The largest absolute Gasteiger partial charge is 0.395 e. The van der Waals surface area contributed by atoms with Gasteiger partial charge in [-0.25, -0.2) is 13.4 Å². The molecule has 0 radical (unpaired) electrons. The number of sulfone groups is 1. The zero-order chi connectivity index (χ0) is 21.0. The van der Waals surface area contributed by atoms with Crippen LogP contribution in [-0.2, 0) is 9.84 Å². The van der Waals surface area contributed by atoms with Crippen molar-refractivity contribution >= 4 is 47.9 Å². The maximum Gasteiger partial charge on any atom is 0.231 e. The van der Waals surface area contributed by atoms with Crippen LogP contribution in [0.2, 0.25) is 0 Å². The Hall–Kier alpha value is -2.40. The molecule has 2 N–H and O–H groups in total. The molecule has 0 aliphatic rings. The van der Waals surface area contributed by atoms with E-state index in [0.29, 0.717) is 29.4 Å². The molecule has 29 heavy (non-hydrogen) atoms. The van der Waals surface area contributed by atoms with Crippen molar-refractivity contribution in [2.75, 3.05) is 37.5 Å². The van der Waals surface area contributed by atoms with Crippen LogP contribution in [0.3, 0.4) is 0 Å². The maximum atomic E-state index is 11.7. The van der Waals surface area contributed by atoms with Gasteiger partial charge in [-0.3, -0.25) is 0 Å². The van der Waals surface area contributed by atoms with Gasteiger partial charge in [0.2, 0.25) is 5.13 Å². The fourth-order valence-electron chi connectivity index (χ4n) is 2.82. The summed E-state index contributed by atoms with van der Waals surface area (Å²) in [4.78, 5) is 6.51. The summed E-state index contributed by atoms with van der Waals surface area (Å²) in [7, 11) is -3.28. The highest BCUT2D eigenvalue weighted by Gasteiger charge is 2.11. The minimum atomic E-state index is -3.28. The Morgan fingerprint density at radius 2 is 1.79 bits per heavy atom. The van der Waals surface area contributed by atoms with E-state index >= 15 is 0 Å². The van der Waals surface area contributed by atoms with Crippen LogP contribution >= 0.6 is 11.3 Å². The first-order valence-electron chi connectivity index (χ1n) is 8.91. The summed E-state index contributed by atoms with van der Waals surface area (Å²) in [5, 5.41) is 27.3. The maximum absolute atomic E-state index is 11.7. The molecular formula is C19H22N4O4S2. The van der Waals surface area contributed by atoms with Crippen LogP contribution < -0.4 is 4.90 Å². The first kappa shape index (κ1) is 21.3. The van der Waals surface area contributed by atoms with Gasteiger partial charge in [-0.1, -0.05) is 11.3 Å². The Bertz CT molecular complexity index is 1140. The fraction of sp³-hybridized carbons (Fsp3) is 0.316. The lowest BCUT2D eigenvalue weighted by Gasteiger charge is -2.23. The minimum Gasteiger partial charge on any atom is -0.395 e. The number of hydrogen-bond acceptors (Lipinski definition) is 9. The van der Waals surface area contributed by atoms with Gasteiger partial charge < -0.3 is 15.1 Å². The van der Waals surface area contributed by atoms with Gasteiger partial charge in [-0.15, -0.1) is 10.2 Å². The molecule has 0 aliphatic carbocycles. The van der Waals surface area contributed by atoms with Gasteiger partial charge in [-0.2, -0.15) is 0 Å². The van der Waals surface area contributed by atoms with Gasteiger partial charge in [0.15, 0.2) is 9.84 Å². The van der Waals surface area contributed by atoms with E-state index in [1.54, 1.807) is 12.1 Å². The monoisotopic (exact) mass is 434 g/mol. The zero-order valence-corrected chi connectivity index (χ0v) is 17.7. The first-order chi connectivity index (χ1) is 13.8. The summed E-state index contributed by atoms with van der Waals surface area (Å²) in [5.41, 5.74) is 3.13. The van der Waals surface area contributed by atoms with E-state index < -0.39 is 9.84 Å². The standard InChI is InChI=1S/C19H22N4O4S2/c1-13-11-14(23(7-9-24)8-10-25)3-5-16(13)21-22-19-20-17-6-4-15(29(2,26)27)12-18(17)28-19/h3-6,11-12,24-25H,7-10H2,1-2H3/b22-21+. The molecule has 0 spiro atoms. The molecule has 154 valence electrons. The molecule has 0 atom stereocenters. The average molecular weight is 435 g/mol. The van der Waals surface area contributed by atoms with Crippen molar-refractivity contribution in [3.63, 3.8) is 0 Å². The van der Waals surface area contributed by atoms with Crippen molar-refractivity contribution in [3.05, 3.63) is 42.0 Å². The van der Waals surface area contributed by atoms with Crippen molar-refractivity contribution in [2.45, 2.75) is 11.8 Å². The van der Waals surface area contributed by atoms with Crippen LogP contribution in [-0.4, -0.2) is 56.2 Å². The zero-order valence-electron chi connectivity index (χ0n) is 16.1. The summed E-state index contributed by atoms with van der Waals surface area (Å²) >= 11 is 1.27. The van der Waals surface area contributed by atoms with Gasteiger partial charge in [-0.05, 0) is 48.9 Å². The van der Waals surface area contributed by atoms with Crippen LogP contribution in [0, 0.1) is 6.92 Å². The molecule has 0 fully saturated rings. The lowest BCUT2D eigenvalue weighted by atomic mass is 10.1. The number of aryl methyl sites for hydroxylation is 1. The average Bonchev–Trinajstić information content (AvgIpc) is 3.08. The number of benzene rings is 2.